The van der Waals surface area contributed by atoms with Gasteiger partial charge in [0.15, 0.2) is 0 Å². The molecule has 0 amide bonds. The summed E-state index contributed by atoms with van der Waals surface area (Å²) >= 11 is 0. The molecule has 1 N–H and O–H groups in total. The van der Waals surface area contributed by atoms with Crippen LogP contribution in [0.15, 0.2) is 42.5 Å². The van der Waals surface area contributed by atoms with E-state index in [1.807, 2.05) is 6.92 Å². The van der Waals surface area contributed by atoms with Gasteiger partial charge in [-0.1, -0.05) is 12.1 Å². The van der Waals surface area contributed by atoms with E-state index < -0.39 is 11.6 Å². The van der Waals surface area contributed by atoms with Crippen molar-refractivity contribution in [2.75, 3.05) is 0 Å². The molecule has 2 atom stereocenters. The zero-order chi connectivity index (χ0) is 14.7. The van der Waals surface area contributed by atoms with Crippen LogP contribution in [0, 0.1) is 17.5 Å². The number of nitrogens with one attached hydrogen (secondary N) is 1. The molecule has 1 unspecified atom stereocenters. The normalized spacial score (nSPS) is 14.1. The summed E-state index contributed by atoms with van der Waals surface area (Å²) < 4.78 is 39.7. The molecule has 2 aromatic carbocycles. The first-order chi connectivity index (χ1) is 9.47. The second-order valence-electron chi connectivity index (χ2n) is 4.83. The summed E-state index contributed by atoms with van der Waals surface area (Å²) in [7, 11) is 0. The topological polar surface area (TPSA) is 12.0 Å². The van der Waals surface area contributed by atoms with Gasteiger partial charge in [0.05, 0.1) is 0 Å². The van der Waals surface area contributed by atoms with Gasteiger partial charge in [0.2, 0.25) is 0 Å². The molecule has 0 heterocycles. The van der Waals surface area contributed by atoms with Crippen LogP contribution in [0.5, 0.6) is 0 Å². The highest BCUT2D eigenvalue weighted by atomic mass is 19.1. The molecule has 0 bridgehead atoms. The zero-order valence-corrected chi connectivity index (χ0v) is 11.3. The standard InChI is InChI=1S/C16H16F3N/c1-10(12-3-5-13(17)6-4-12)20-11(2)15-9-14(18)7-8-16(15)19/h3-11,20H,1-2H3/t10-,11?/m1/s1. The Bertz CT molecular complexity index is 581. The summed E-state index contributed by atoms with van der Waals surface area (Å²) in [5, 5.41) is 3.17. The molecule has 1 nitrogen and oxygen atoms in total. The first kappa shape index (κ1) is 14.6. The van der Waals surface area contributed by atoms with Crippen molar-refractivity contribution in [3.8, 4) is 0 Å². The quantitative estimate of drug-likeness (QED) is 0.868. The molecule has 0 aliphatic heterocycles. The smallest absolute Gasteiger partial charge is 0.128 e. The van der Waals surface area contributed by atoms with Crippen LogP contribution in [0.1, 0.15) is 37.1 Å². The van der Waals surface area contributed by atoms with Crippen LogP contribution < -0.4 is 5.32 Å². The van der Waals surface area contributed by atoms with Crippen molar-refractivity contribution in [2.45, 2.75) is 25.9 Å². The highest BCUT2D eigenvalue weighted by molar-refractivity contribution is 5.24. The lowest BCUT2D eigenvalue weighted by molar-refractivity contribution is 0.469. The maximum absolute atomic E-state index is 13.7. The van der Waals surface area contributed by atoms with Crippen LogP contribution in [0.25, 0.3) is 0 Å². The van der Waals surface area contributed by atoms with Crippen molar-refractivity contribution in [3.05, 3.63) is 71.0 Å². The maximum Gasteiger partial charge on any atom is 0.128 e. The van der Waals surface area contributed by atoms with E-state index in [-0.39, 0.29) is 23.5 Å². The Hall–Kier alpha value is -1.81. The monoisotopic (exact) mass is 279 g/mol. The third kappa shape index (κ3) is 3.39. The van der Waals surface area contributed by atoms with Gasteiger partial charge < -0.3 is 5.32 Å². The Morgan fingerprint density at radius 2 is 1.40 bits per heavy atom. The molecule has 4 heteroatoms. The number of rotatable bonds is 4. The third-order valence-corrected chi connectivity index (χ3v) is 3.29. The van der Waals surface area contributed by atoms with Gasteiger partial charge in [-0.15, -0.1) is 0 Å². The summed E-state index contributed by atoms with van der Waals surface area (Å²) in [5.41, 5.74) is 1.16. The lowest BCUT2D eigenvalue weighted by Crippen LogP contribution is -2.23. The van der Waals surface area contributed by atoms with E-state index in [4.69, 9.17) is 0 Å². The highest BCUT2D eigenvalue weighted by Gasteiger charge is 2.15. The van der Waals surface area contributed by atoms with Crippen LogP contribution in [0.4, 0.5) is 13.2 Å². The summed E-state index contributed by atoms with van der Waals surface area (Å²) in [4.78, 5) is 0. The van der Waals surface area contributed by atoms with Crippen molar-refractivity contribution >= 4 is 0 Å². The molecule has 0 aliphatic carbocycles. The molecule has 20 heavy (non-hydrogen) atoms. The lowest BCUT2D eigenvalue weighted by Gasteiger charge is -2.21. The van der Waals surface area contributed by atoms with E-state index in [1.165, 1.54) is 18.2 Å². The lowest BCUT2D eigenvalue weighted by atomic mass is 10.0. The van der Waals surface area contributed by atoms with Crippen molar-refractivity contribution in [3.63, 3.8) is 0 Å². The minimum absolute atomic E-state index is 0.103. The van der Waals surface area contributed by atoms with Gasteiger partial charge >= 0.3 is 0 Å². The van der Waals surface area contributed by atoms with Gasteiger partial charge in [0, 0.05) is 17.6 Å². The van der Waals surface area contributed by atoms with Crippen LogP contribution in [0.2, 0.25) is 0 Å². The summed E-state index contributed by atoms with van der Waals surface area (Å²) in [6.07, 6.45) is 0. The van der Waals surface area contributed by atoms with Gasteiger partial charge in [0.25, 0.3) is 0 Å². The molecule has 0 saturated heterocycles. The Balaban J connectivity index is 2.12. The molecule has 2 aromatic rings. The largest absolute Gasteiger partial charge is 0.304 e. The average Bonchev–Trinajstić information content (AvgIpc) is 2.42. The Morgan fingerprint density at radius 1 is 0.800 bits per heavy atom. The van der Waals surface area contributed by atoms with Crippen molar-refractivity contribution in [2.24, 2.45) is 0 Å². The van der Waals surface area contributed by atoms with E-state index in [0.717, 1.165) is 17.7 Å². The maximum atomic E-state index is 13.7. The van der Waals surface area contributed by atoms with Gasteiger partial charge in [0.1, 0.15) is 17.5 Å². The van der Waals surface area contributed by atoms with E-state index >= 15 is 0 Å². The van der Waals surface area contributed by atoms with Gasteiger partial charge in [-0.05, 0) is 49.7 Å². The molecular weight excluding hydrogens is 263 g/mol. The highest BCUT2D eigenvalue weighted by Crippen LogP contribution is 2.22. The minimum atomic E-state index is -0.468. The van der Waals surface area contributed by atoms with Gasteiger partial charge in [-0.25, -0.2) is 13.2 Å². The van der Waals surface area contributed by atoms with Crippen molar-refractivity contribution in [1.82, 2.24) is 5.32 Å². The molecule has 106 valence electrons. The molecule has 0 fully saturated rings. The number of halogens is 3. The Labute approximate surface area is 116 Å². The predicted octanol–water partition coefficient (Wildman–Crippen LogP) is 4.52. The summed E-state index contributed by atoms with van der Waals surface area (Å²) in [6.45, 7) is 3.65. The minimum Gasteiger partial charge on any atom is -0.304 e. The Kier molecular flexibility index (Phi) is 4.45. The SMILES string of the molecule is CC(N[C@H](C)c1ccc(F)cc1)c1cc(F)ccc1F. The molecule has 0 spiro atoms. The molecular formula is C16H16F3N. The Morgan fingerprint density at radius 3 is 2.05 bits per heavy atom. The van der Waals surface area contributed by atoms with Crippen LogP contribution in [0.3, 0.4) is 0 Å². The third-order valence-electron chi connectivity index (χ3n) is 3.29. The first-order valence-electron chi connectivity index (χ1n) is 6.44. The van der Waals surface area contributed by atoms with Crippen LogP contribution in [-0.2, 0) is 0 Å². The second-order valence-corrected chi connectivity index (χ2v) is 4.83. The van der Waals surface area contributed by atoms with Crippen molar-refractivity contribution < 1.29 is 13.2 Å². The predicted molar refractivity (Wildman–Crippen MR) is 72.7 cm³/mol. The first-order valence-corrected chi connectivity index (χ1v) is 6.44. The molecule has 0 radical (unpaired) electrons. The fourth-order valence-corrected chi connectivity index (χ4v) is 2.16. The molecule has 0 aromatic heterocycles. The number of hydrogen-bond acceptors (Lipinski definition) is 1. The summed E-state index contributed by atoms with van der Waals surface area (Å²) in [6, 6.07) is 9.02. The van der Waals surface area contributed by atoms with Crippen LogP contribution in [-0.4, -0.2) is 0 Å². The van der Waals surface area contributed by atoms with E-state index in [9.17, 15) is 13.2 Å². The molecule has 0 saturated carbocycles. The zero-order valence-electron chi connectivity index (χ0n) is 11.3. The van der Waals surface area contributed by atoms with Gasteiger partial charge in [-0.3, -0.25) is 0 Å². The fraction of sp³-hybridized carbons (Fsp3) is 0.250. The average molecular weight is 279 g/mol. The van der Waals surface area contributed by atoms with Crippen molar-refractivity contribution in [1.29, 1.82) is 0 Å². The number of hydrogen-bond donors (Lipinski definition) is 1. The van der Waals surface area contributed by atoms with E-state index in [2.05, 4.69) is 5.32 Å². The molecule has 2 rings (SSSR count). The van der Waals surface area contributed by atoms with Crippen LogP contribution >= 0.6 is 0 Å². The fourth-order valence-electron chi connectivity index (χ4n) is 2.16. The number of benzene rings is 2. The van der Waals surface area contributed by atoms with E-state index in [1.54, 1.807) is 19.1 Å². The summed E-state index contributed by atoms with van der Waals surface area (Å²) in [5.74, 6) is -1.22. The van der Waals surface area contributed by atoms with Gasteiger partial charge in [-0.2, -0.15) is 0 Å². The van der Waals surface area contributed by atoms with E-state index in [0.29, 0.717) is 0 Å². The molecule has 0 aliphatic rings. The second kappa shape index (κ2) is 6.09.